The Labute approximate surface area is 137 Å². The standard InChI is InChI=1S/C14H16F3N3O2.ClH/c15-14(16,17)8-22-12-2-1-9(5-19-12)13(21)20-6-10-3-18-4-11(10)7-20;/h1-2,5,10-11,18H,3-4,6-8H2;1H/t10-,11+;. The van der Waals surface area contributed by atoms with E-state index in [1.807, 2.05) is 0 Å². The van der Waals surface area contributed by atoms with Crippen molar-refractivity contribution in [3.8, 4) is 5.88 Å². The maximum Gasteiger partial charge on any atom is 0.422 e. The molecule has 0 spiro atoms. The van der Waals surface area contributed by atoms with Gasteiger partial charge < -0.3 is 15.0 Å². The van der Waals surface area contributed by atoms with E-state index in [0.29, 0.717) is 30.5 Å². The molecule has 0 radical (unpaired) electrons. The van der Waals surface area contributed by atoms with E-state index >= 15 is 0 Å². The van der Waals surface area contributed by atoms with Gasteiger partial charge in [-0.1, -0.05) is 0 Å². The highest BCUT2D eigenvalue weighted by atomic mass is 35.5. The molecule has 5 nitrogen and oxygen atoms in total. The van der Waals surface area contributed by atoms with E-state index in [9.17, 15) is 18.0 Å². The number of ether oxygens (including phenoxy) is 1. The number of rotatable bonds is 3. The lowest BCUT2D eigenvalue weighted by atomic mass is 10.0. The van der Waals surface area contributed by atoms with E-state index < -0.39 is 12.8 Å². The third-order valence-corrected chi connectivity index (χ3v) is 4.04. The van der Waals surface area contributed by atoms with E-state index in [4.69, 9.17) is 0 Å². The number of carbonyl (C=O) groups excluding carboxylic acids is 1. The van der Waals surface area contributed by atoms with Gasteiger partial charge in [-0.2, -0.15) is 13.2 Å². The number of nitrogens with zero attached hydrogens (tertiary/aromatic N) is 2. The van der Waals surface area contributed by atoms with Crippen LogP contribution in [0, 0.1) is 11.8 Å². The highest BCUT2D eigenvalue weighted by Crippen LogP contribution is 2.27. The Morgan fingerprint density at radius 2 is 1.96 bits per heavy atom. The van der Waals surface area contributed by atoms with Gasteiger partial charge in [0.1, 0.15) is 0 Å². The lowest BCUT2D eigenvalue weighted by Gasteiger charge is -2.17. The summed E-state index contributed by atoms with van der Waals surface area (Å²) in [6, 6.07) is 2.74. The number of carbonyl (C=O) groups is 1. The molecule has 9 heteroatoms. The molecule has 0 aromatic carbocycles. The number of alkyl halides is 3. The third kappa shape index (κ3) is 4.26. The molecule has 1 aromatic rings. The van der Waals surface area contributed by atoms with Gasteiger partial charge in [0, 0.05) is 38.4 Å². The monoisotopic (exact) mass is 351 g/mol. The second kappa shape index (κ2) is 6.92. The molecule has 2 aliphatic rings. The highest BCUT2D eigenvalue weighted by Gasteiger charge is 2.38. The van der Waals surface area contributed by atoms with Crippen molar-refractivity contribution in [2.45, 2.75) is 6.18 Å². The summed E-state index contributed by atoms with van der Waals surface area (Å²) in [5.74, 6) is 0.707. The van der Waals surface area contributed by atoms with E-state index in [1.54, 1.807) is 4.90 Å². The Balaban J connectivity index is 0.00000192. The molecule has 0 aliphatic carbocycles. The molecule has 0 saturated carbocycles. The third-order valence-electron chi connectivity index (χ3n) is 4.04. The Bertz CT molecular complexity index is 541. The summed E-state index contributed by atoms with van der Waals surface area (Å²) in [6.07, 6.45) is -3.14. The molecule has 2 aliphatic heterocycles. The van der Waals surface area contributed by atoms with E-state index in [0.717, 1.165) is 13.1 Å². The van der Waals surface area contributed by atoms with Gasteiger partial charge in [-0.25, -0.2) is 4.98 Å². The quantitative estimate of drug-likeness (QED) is 0.901. The number of amides is 1. The first-order valence-corrected chi connectivity index (χ1v) is 7.08. The Hall–Kier alpha value is -1.54. The number of nitrogens with one attached hydrogen (secondary N) is 1. The first-order chi connectivity index (χ1) is 10.4. The highest BCUT2D eigenvalue weighted by molar-refractivity contribution is 5.94. The summed E-state index contributed by atoms with van der Waals surface area (Å²) in [6.45, 7) is 1.88. The van der Waals surface area contributed by atoms with Crippen LogP contribution in [0.2, 0.25) is 0 Å². The Morgan fingerprint density at radius 1 is 1.30 bits per heavy atom. The van der Waals surface area contributed by atoms with Gasteiger partial charge in [0.05, 0.1) is 5.56 Å². The van der Waals surface area contributed by atoms with Crippen LogP contribution in [-0.4, -0.2) is 54.8 Å². The fourth-order valence-electron chi connectivity index (χ4n) is 2.95. The molecule has 23 heavy (non-hydrogen) atoms. The van der Waals surface area contributed by atoms with Gasteiger partial charge in [-0.3, -0.25) is 4.79 Å². The normalized spacial score (nSPS) is 23.3. The molecular formula is C14H17ClF3N3O2. The molecule has 128 valence electrons. The molecule has 1 amide bonds. The number of hydrogen-bond donors (Lipinski definition) is 1. The van der Waals surface area contributed by atoms with Crippen molar-refractivity contribution in [2.24, 2.45) is 11.8 Å². The summed E-state index contributed by atoms with van der Waals surface area (Å²) in [7, 11) is 0. The summed E-state index contributed by atoms with van der Waals surface area (Å²) in [5, 5.41) is 3.30. The fourth-order valence-corrected chi connectivity index (χ4v) is 2.95. The minimum absolute atomic E-state index is 0. The van der Waals surface area contributed by atoms with Crippen molar-refractivity contribution in [1.82, 2.24) is 15.2 Å². The van der Waals surface area contributed by atoms with Crippen molar-refractivity contribution in [3.05, 3.63) is 23.9 Å². The Kier molecular flexibility index (Phi) is 5.36. The summed E-state index contributed by atoms with van der Waals surface area (Å²) in [5.41, 5.74) is 0.368. The molecule has 2 fully saturated rings. The van der Waals surface area contributed by atoms with Crippen LogP contribution in [0.4, 0.5) is 13.2 Å². The first-order valence-electron chi connectivity index (χ1n) is 7.08. The van der Waals surface area contributed by atoms with Crippen molar-refractivity contribution in [2.75, 3.05) is 32.8 Å². The van der Waals surface area contributed by atoms with Gasteiger partial charge in [-0.05, 0) is 17.9 Å². The van der Waals surface area contributed by atoms with Crippen molar-refractivity contribution in [3.63, 3.8) is 0 Å². The van der Waals surface area contributed by atoms with Crippen LogP contribution >= 0.6 is 12.4 Å². The summed E-state index contributed by atoms with van der Waals surface area (Å²) in [4.78, 5) is 17.9. The molecule has 1 N–H and O–H groups in total. The average molecular weight is 352 g/mol. The second-order valence-corrected chi connectivity index (χ2v) is 5.68. The number of likely N-dealkylation sites (tertiary alicyclic amines) is 1. The van der Waals surface area contributed by atoms with Crippen molar-refractivity contribution >= 4 is 18.3 Å². The van der Waals surface area contributed by atoms with Gasteiger partial charge in [0.15, 0.2) is 6.61 Å². The number of fused-ring (bicyclic) bond motifs is 1. The molecule has 2 saturated heterocycles. The number of hydrogen-bond acceptors (Lipinski definition) is 4. The molecule has 3 rings (SSSR count). The van der Waals surface area contributed by atoms with E-state index in [1.165, 1.54) is 18.3 Å². The second-order valence-electron chi connectivity index (χ2n) is 5.68. The zero-order valence-corrected chi connectivity index (χ0v) is 13.0. The van der Waals surface area contributed by atoms with Crippen LogP contribution in [-0.2, 0) is 0 Å². The van der Waals surface area contributed by atoms with Gasteiger partial charge >= 0.3 is 6.18 Å². The minimum atomic E-state index is -4.41. The number of aromatic nitrogens is 1. The van der Waals surface area contributed by atoms with Gasteiger partial charge in [-0.15, -0.1) is 12.4 Å². The Morgan fingerprint density at radius 3 is 2.48 bits per heavy atom. The van der Waals surface area contributed by atoms with Crippen LogP contribution < -0.4 is 10.1 Å². The molecule has 0 unspecified atom stereocenters. The SMILES string of the molecule is Cl.O=C(c1ccc(OCC(F)(F)F)nc1)N1C[C@H]2CNC[C@H]2C1. The lowest BCUT2D eigenvalue weighted by molar-refractivity contribution is -0.154. The lowest BCUT2D eigenvalue weighted by Crippen LogP contribution is -2.31. The molecule has 2 atom stereocenters. The maximum atomic E-state index is 12.4. The van der Waals surface area contributed by atoms with Crippen LogP contribution in [0.15, 0.2) is 18.3 Å². The minimum Gasteiger partial charge on any atom is -0.468 e. The molecule has 3 heterocycles. The van der Waals surface area contributed by atoms with Gasteiger partial charge in [0.2, 0.25) is 5.88 Å². The molecular weight excluding hydrogens is 335 g/mol. The fraction of sp³-hybridized carbons (Fsp3) is 0.571. The zero-order valence-electron chi connectivity index (χ0n) is 12.2. The van der Waals surface area contributed by atoms with E-state index in [-0.39, 0.29) is 24.2 Å². The maximum absolute atomic E-state index is 12.4. The summed E-state index contributed by atoms with van der Waals surface area (Å²) >= 11 is 0. The average Bonchev–Trinajstić information content (AvgIpc) is 3.05. The van der Waals surface area contributed by atoms with Crippen molar-refractivity contribution < 1.29 is 22.7 Å². The van der Waals surface area contributed by atoms with Crippen LogP contribution in [0.1, 0.15) is 10.4 Å². The number of pyridine rings is 1. The van der Waals surface area contributed by atoms with Crippen LogP contribution in [0.3, 0.4) is 0 Å². The van der Waals surface area contributed by atoms with E-state index in [2.05, 4.69) is 15.0 Å². The smallest absolute Gasteiger partial charge is 0.422 e. The topological polar surface area (TPSA) is 54.5 Å². The van der Waals surface area contributed by atoms with Gasteiger partial charge in [0.25, 0.3) is 5.91 Å². The predicted octanol–water partition coefficient (Wildman–Crippen LogP) is 1.74. The number of halogens is 4. The summed E-state index contributed by atoms with van der Waals surface area (Å²) < 4.78 is 40.7. The first kappa shape index (κ1) is 17.8. The molecule has 0 bridgehead atoms. The zero-order chi connectivity index (χ0) is 15.7. The molecule has 1 aromatic heterocycles. The van der Waals surface area contributed by atoms with Crippen molar-refractivity contribution in [1.29, 1.82) is 0 Å². The largest absolute Gasteiger partial charge is 0.468 e. The van der Waals surface area contributed by atoms with Crippen LogP contribution in [0.5, 0.6) is 5.88 Å². The van der Waals surface area contributed by atoms with Crippen LogP contribution in [0.25, 0.3) is 0 Å². The predicted molar refractivity (Wildman–Crippen MR) is 78.8 cm³/mol.